The third-order valence-corrected chi connectivity index (χ3v) is 1.72. The molecule has 0 fully saturated rings. The SMILES string of the molecule is [2H]C([2H])(O)c1cccc(NOC(=O)C(C)(C)C)n1. The zero-order valence-corrected chi connectivity index (χ0v) is 9.44. The first-order valence-corrected chi connectivity index (χ1v) is 4.78. The fraction of sp³-hybridized carbons (Fsp3) is 0.455. The van der Waals surface area contributed by atoms with Gasteiger partial charge in [0.25, 0.3) is 0 Å². The molecule has 0 aliphatic carbocycles. The van der Waals surface area contributed by atoms with Gasteiger partial charge in [-0.1, -0.05) is 6.07 Å². The maximum atomic E-state index is 11.5. The first-order chi connectivity index (χ1) is 8.10. The third-order valence-electron chi connectivity index (χ3n) is 1.72. The normalized spacial score (nSPS) is 13.8. The van der Waals surface area contributed by atoms with Crippen LogP contribution in [0.4, 0.5) is 5.82 Å². The minimum absolute atomic E-state index is 0.142. The number of carbonyl (C=O) groups excluding carboxylic acids is 1. The van der Waals surface area contributed by atoms with Crippen LogP contribution in [0.3, 0.4) is 0 Å². The second-order valence-corrected chi connectivity index (χ2v) is 4.26. The van der Waals surface area contributed by atoms with Crippen LogP contribution in [0.15, 0.2) is 18.2 Å². The molecule has 5 nitrogen and oxygen atoms in total. The lowest BCUT2D eigenvalue weighted by atomic mass is 9.98. The molecule has 88 valence electrons. The van der Waals surface area contributed by atoms with Gasteiger partial charge in [0.2, 0.25) is 0 Å². The number of rotatable bonds is 3. The van der Waals surface area contributed by atoms with Crippen LogP contribution in [0.2, 0.25) is 0 Å². The molecule has 1 rings (SSSR count). The van der Waals surface area contributed by atoms with Gasteiger partial charge in [0.05, 0.1) is 20.4 Å². The van der Waals surface area contributed by atoms with E-state index in [1.165, 1.54) is 18.2 Å². The van der Waals surface area contributed by atoms with Gasteiger partial charge in [-0.15, -0.1) is 0 Å². The Kier molecular flexibility index (Phi) is 2.96. The lowest BCUT2D eigenvalue weighted by Crippen LogP contribution is -2.25. The van der Waals surface area contributed by atoms with Crippen molar-refractivity contribution in [2.45, 2.75) is 27.3 Å². The fourth-order valence-corrected chi connectivity index (χ4v) is 0.806. The highest BCUT2D eigenvalue weighted by atomic mass is 16.7. The highest BCUT2D eigenvalue weighted by Gasteiger charge is 2.23. The summed E-state index contributed by atoms with van der Waals surface area (Å²) < 4.78 is 14.2. The zero-order valence-electron chi connectivity index (χ0n) is 11.4. The van der Waals surface area contributed by atoms with E-state index in [-0.39, 0.29) is 11.5 Å². The molecule has 0 bridgehead atoms. The standard InChI is InChI=1S/C11H16N2O3/c1-11(2,3)10(15)16-13-9-6-4-5-8(7-14)12-9/h4-6,14H,7H2,1-3H3,(H,12,13)/i7D2. The average molecular weight is 226 g/mol. The monoisotopic (exact) mass is 226 g/mol. The number of aliphatic hydroxyl groups is 1. The number of aromatic nitrogens is 1. The first kappa shape index (κ1) is 9.59. The maximum absolute atomic E-state index is 11.5. The smallest absolute Gasteiger partial charge is 0.337 e. The molecule has 0 atom stereocenters. The third kappa shape index (κ3) is 3.51. The number of carbonyl (C=O) groups is 1. The summed E-state index contributed by atoms with van der Waals surface area (Å²) in [5.41, 5.74) is 1.50. The molecule has 1 aromatic rings. The van der Waals surface area contributed by atoms with Crippen LogP contribution >= 0.6 is 0 Å². The van der Waals surface area contributed by atoms with Crippen LogP contribution in [0, 0.1) is 5.41 Å². The Balaban J connectivity index is 2.73. The molecule has 2 N–H and O–H groups in total. The van der Waals surface area contributed by atoms with Gasteiger partial charge >= 0.3 is 5.97 Å². The molecule has 1 heterocycles. The Labute approximate surface area is 97.2 Å². The molecule has 0 saturated heterocycles. The highest BCUT2D eigenvalue weighted by molar-refractivity contribution is 5.76. The second kappa shape index (κ2) is 4.94. The largest absolute Gasteiger partial charge is 0.390 e. The van der Waals surface area contributed by atoms with Crippen molar-refractivity contribution in [3.05, 3.63) is 23.9 Å². The van der Waals surface area contributed by atoms with E-state index in [4.69, 9.17) is 12.7 Å². The van der Waals surface area contributed by atoms with Crippen molar-refractivity contribution in [3.8, 4) is 0 Å². The number of hydrogen-bond acceptors (Lipinski definition) is 5. The van der Waals surface area contributed by atoms with Crippen LogP contribution in [0.25, 0.3) is 0 Å². The van der Waals surface area contributed by atoms with Crippen LogP contribution in [0.1, 0.15) is 29.2 Å². The quantitative estimate of drug-likeness (QED) is 0.764. The first-order valence-electron chi connectivity index (χ1n) is 5.78. The molecule has 16 heavy (non-hydrogen) atoms. The summed E-state index contributed by atoms with van der Waals surface area (Å²) in [6, 6.07) is 4.31. The number of pyridine rings is 1. The Morgan fingerprint density at radius 1 is 1.62 bits per heavy atom. The van der Waals surface area contributed by atoms with Gasteiger partial charge in [0, 0.05) is 0 Å². The molecule has 1 aromatic heterocycles. The summed E-state index contributed by atoms with van der Waals surface area (Å²) in [6.07, 6.45) is 0. The van der Waals surface area contributed by atoms with Gasteiger partial charge in [0.15, 0.2) is 5.82 Å². The lowest BCUT2D eigenvalue weighted by molar-refractivity contribution is -0.149. The van der Waals surface area contributed by atoms with Crippen LogP contribution in [-0.4, -0.2) is 16.1 Å². The van der Waals surface area contributed by atoms with Crippen molar-refractivity contribution in [1.82, 2.24) is 4.98 Å². The second-order valence-electron chi connectivity index (χ2n) is 4.26. The molecule has 0 aromatic carbocycles. The number of hydrogen-bond donors (Lipinski definition) is 2. The summed E-state index contributed by atoms with van der Waals surface area (Å²) in [4.78, 5) is 20.1. The topological polar surface area (TPSA) is 71.4 Å². The molecule has 0 spiro atoms. The molecular weight excluding hydrogens is 208 g/mol. The van der Waals surface area contributed by atoms with Crippen LogP contribution in [-0.2, 0) is 16.2 Å². The Bertz CT molecular complexity index is 439. The Hall–Kier alpha value is -1.62. The highest BCUT2D eigenvalue weighted by Crippen LogP contribution is 2.15. The number of nitrogens with zero attached hydrogens (tertiary/aromatic N) is 1. The average Bonchev–Trinajstić information content (AvgIpc) is 2.23. The van der Waals surface area contributed by atoms with E-state index in [2.05, 4.69) is 10.5 Å². The molecule has 0 aliphatic rings. The molecule has 0 unspecified atom stereocenters. The zero-order chi connectivity index (χ0) is 14.0. The number of nitrogens with one attached hydrogen (secondary N) is 1. The maximum Gasteiger partial charge on any atom is 0.337 e. The number of anilines is 1. The van der Waals surface area contributed by atoms with Crippen molar-refractivity contribution in [3.63, 3.8) is 0 Å². The van der Waals surface area contributed by atoms with E-state index in [1.54, 1.807) is 20.8 Å². The Morgan fingerprint density at radius 3 is 2.88 bits per heavy atom. The van der Waals surface area contributed by atoms with E-state index in [0.29, 0.717) is 0 Å². The van der Waals surface area contributed by atoms with Crippen molar-refractivity contribution in [2.24, 2.45) is 5.41 Å². The van der Waals surface area contributed by atoms with Gasteiger partial charge in [0.1, 0.15) is 0 Å². The predicted octanol–water partition coefficient (Wildman–Crippen LogP) is 1.49. The van der Waals surface area contributed by atoms with E-state index in [0.717, 1.165) is 0 Å². The minimum atomic E-state index is -2.54. The molecule has 0 radical (unpaired) electrons. The van der Waals surface area contributed by atoms with Gasteiger partial charge in [-0.25, -0.2) is 15.3 Å². The molecule has 5 heteroatoms. The van der Waals surface area contributed by atoms with Crippen molar-refractivity contribution in [2.75, 3.05) is 5.48 Å². The van der Waals surface area contributed by atoms with E-state index >= 15 is 0 Å². The molecule has 0 saturated carbocycles. The van der Waals surface area contributed by atoms with Crippen LogP contribution < -0.4 is 5.48 Å². The molecule has 0 aliphatic heterocycles. The summed E-state index contributed by atoms with van der Waals surface area (Å²) in [6.45, 7) is 2.57. The molecular formula is C11H16N2O3. The van der Waals surface area contributed by atoms with Crippen LogP contribution in [0.5, 0.6) is 0 Å². The van der Waals surface area contributed by atoms with Gasteiger partial charge in [-0.2, -0.15) is 0 Å². The fourth-order valence-electron chi connectivity index (χ4n) is 0.806. The van der Waals surface area contributed by atoms with E-state index in [9.17, 15) is 4.79 Å². The summed E-state index contributed by atoms with van der Waals surface area (Å²) in [5.74, 6) is -0.329. The van der Waals surface area contributed by atoms with Crippen molar-refractivity contribution < 1.29 is 17.5 Å². The lowest BCUT2D eigenvalue weighted by Gasteiger charge is -2.16. The van der Waals surface area contributed by atoms with Gasteiger partial charge < -0.3 is 9.94 Å². The van der Waals surface area contributed by atoms with Crippen molar-refractivity contribution >= 4 is 11.8 Å². The predicted molar refractivity (Wildman–Crippen MR) is 59.3 cm³/mol. The summed E-state index contributed by atoms with van der Waals surface area (Å²) >= 11 is 0. The van der Waals surface area contributed by atoms with E-state index < -0.39 is 17.9 Å². The molecule has 0 amide bonds. The Morgan fingerprint density at radius 2 is 2.31 bits per heavy atom. The summed E-state index contributed by atoms with van der Waals surface area (Å²) in [5, 5.41) is 9.16. The van der Waals surface area contributed by atoms with Gasteiger partial charge in [-0.05, 0) is 32.9 Å². The van der Waals surface area contributed by atoms with Gasteiger partial charge in [-0.3, -0.25) is 0 Å². The minimum Gasteiger partial charge on any atom is -0.390 e. The summed E-state index contributed by atoms with van der Waals surface area (Å²) in [7, 11) is 0. The van der Waals surface area contributed by atoms with Crippen molar-refractivity contribution in [1.29, 1.82) is 0 Å². The van der Waals surface area contributed by atoms with E-state index in [1.807, 2.05) is 0 Å².